The van der Waals surface area contributed by atoms with Gasteiger partial charge in [0.1, 0.15) is 0 Å². The Morgan fingerprint density at radius 1 is 1.17 bits per heavy atom. The fourth-order valence-electron chi connectivity index (χ4n) is 3.41. The minimum absolute atomic E-state index is 0.00762. The summed E-state index contributed by atoms with van der Waals surface area (Å²) < 4.78 is 0. The van der Waals surface area contributed by atoms with E-state index in [2.05, 4.69) is 20.8 Å². The molecule has 0 bridgehead atoms. The Morgan fingerprint density at radius 3 is 2.56 bits per heavy atom. The van der Waals surface area contributed by atoms with Gasteiger partial charge in [-0.25, -0.2) is 0 Å². The average Bonchev–Trinajstić information content (AvgIpc) is 2.32. The SMILES string of the molecule is CC1CCC(C(C)C)C(c2cccc(O)c2O)C1. The van der Waals surface area contributed by atoms with Crippen LogP contribution in [0.5, 0.6) is 11.5 Å². The lowest BCUT2D eigenvalue weighted by Crippen LogP contribution is -2.26. The van der Waals surface area contributed by atoms with E-state index in [1.807, 2.05) is 12.1 Å². The second kappa shape index (κ2) is 5.21. The molecule has 2 nitrogen and oxygen atoms in total. The van der Waals surface area contributed by atoms with Gasteiger partial charge in [-0.1, -0.05) is 39.3 Å². The highest BCUT2D eigenvalue weighted by Gasteiger charge is 2.33. The second-order valence-corrected chi connectivity index (χ2v) is 6.15. The first-order chi connectivity index (χ1) is 8.50. The first-order valence-electron chi connectivity index (χ1n) is 7.01. The molecule has 2 N–H and O–H groups in total. The summed E-state index contributed by atoms with van der Waals surface area (Å²) in [5, 5.41) is 19.8. The standard InChI is InChI=1S/C16H24O2/c1-10(2)12-8-7-11(3)9-14(12)13-5-4-6-15(17)16(13)18/h4-6,10-12,14,17-18H,7-9H2,1-3H3. The fraction of sp³-hybridized carbons (Fsp3) is 0.625. The maximum Gasteiger partial charge on any atom is 0.160 e. The summed E-state index contributed by atoms with van der Waals surface area (Å²) in [6, 6.07) is 5.35. The molecule has 2 rings (SSSR count). The quantitative estimate of drug-likeness (QED) is 0.767. The van der Waals surface area contributed by atoms with Gasteiger partial charge >= 0.3 is 0 Å². The molecule has 1 fully saturated rings. The van der Waals surface area contributed by atoms with Crippen molar-refractivity contribution in [3.8, 4) is 11.5 Å². The summed E-state index contributed by atoms with van der Waals surface area (Å²) >= 11 is 0. The van der Waals surface area contributed by atoms with Crippen LogP contribution in [0.2, 0.25) is 0 Å². The van der Waals surface area contributed by atoms with Crippen LogP contribution < -0.4 is 0 Å². The summed E-state index contributed by atoms with van der Waals surface area (Å²) in [5.41, 5.74) is 0.931. The molecule has 1 aliphatic rings. The van der Waals surface area contributed by atoms with E-state index in [-0.39, 0.29) is 11.5 Å². The Bertz CT molecular complexity index is 412. The predicted molar refractivity (Wildman–Crippen MR) is 73.9 cm³/mol. The molecule has 1 aromatic rings. The lowest BCUT2D eigenvalue weighted by atomic mass is 9.67. The van der Waals surface area contributed by atoms with E-state index < -0.39 is 0 Å². The van der Waals surface area contributed by atoms with Crippen molar-refractivity contribution in [1.82, 2.24) is 0 Å². The van der Waals surface area contributed by atoms with Gasteiger partial charge in [-0.2, -0.15) is 0 Å². The third-order valence-electron chi connectivity index (χ3n) is 4.47. The summed E-state index contributed by atoms with van der Waals surface area (Å²) in [7, 11) is 0. The van der Waals surface area contributed by atoms with Gasteiger partial charge in [0.25, 0.3) is 0 Å². The molecule has 0 radical (unpaired) electrons. The number of phenols is 2. The number of benzene rings is 1. The van der Waals surface area contributed by atoms with Gasteiger partial charge in [-0.3, -0.25) is 0 Å². The predicted octanol–water partition coefficient (Wildman–Crippen LogP) is 4.27. The van der Waals surface area contributed by atoms with Crippen LogP contribution in [-0.4, -0.2) is 10.2 Å². The molecule has 1 aromatic carbocycles. The molecule has 0 saturated heterocycles. The fourth-order valence-corrected chi connectivity index (χ4v) is 3.41. The Kier molecular flexibility index (Phi) is 3.84. The van der Waals surface area contributed by atoms with Crippen LogP contribution in [0.3, 0.4) is 0 Å². The number of aromatic hydroxyl groups is 2. The number of hydrogen-bond acceptors (Lipinski definition) is 2. The van der Waals surface area contributed by atoms with Crippen molar-refractivity contribution in [3.05, 3.63) is 23.8 Å². The van der Waals surface area contributed by atoms with Crippen LogP contribution in [0.4, 0.5) is 0 Å². The van der Waals surface area contributed by atoms with Crippen molar-refractivity contribution in [2.24, 2.45) is 17.8 Å². The lowest BCUT2D eigenvalue weighted by Gasteiger charge is -2.38. The van der Waals surface area contributed by atoms with E-state index in [0.29, 0.717) is 23.7 Å². The first kappa shape index (κ1) is 13.3. The highest BCUT2D eigenvalue weighted by molar-refractivity contribution is 5.46. The zero-order chi connectivity index (χ0) is 13.3. The molecule has 0 aliphatic heterocycles. The highest BCUT2D eigenvalue weighted by atomic mass is 16.3. The lowest BCUT2D eigenvalue weighted by molar-refractivity contribution is 0.194. The summed E-state index contributed by atoms with van der Waals surface area (Å²) in [5.74, 6) is 2.39. The average molecular weight is 248 g/mol. The Balaban J connectivity index is 2.35. The van der Waals surface area contributed by atoms with Crippen molar-refractivity contribution < 1.29 is 10.2 Å². The zero-order valence-electron chi connectivity index (χ0n) is 11.6. The molecule has 100 valence electrons. The van der Waals surface area contributed by atoms with E-state index in [0.717, 1.165) is 12.0 Å². The van der Waals surface area contributed by atoms with E-state index in [1.165, 1.54) is 12.8 Å². The minimum Gasteiger partial charge on any atom is -0.504 e. The summed E-state index contributed by atoms with van der Waals surface area (Å²) in [6.45, 7) is 6.80. The first-order valence-corrected chi connectivity index (χ1v) is 7.01. The van der Waals surface area contributed by atoms with Gasteiger partial charge < -0.3 is 10.2 Å². The molecular weight excluding hydrogens is 224 g/mol. The van der Waals surface area contributed by atoms with Crippen molar-refractivity contribution in [3.63, 3.8) is 0 Å². The van der Waals surface area contributed by atoms with Gasteiger partial charge in [-0.15, -0.1) is 0 Å². The summed E-state index contributed by atoms with van der Waals surface area (Å²) in [6.07, 6.45) is 3.61. The van der Waals surface area contributed by atoms with Crippen LogP contribution in [0.25, 0.3) is 0 Å². The van der Waals surface area contributed by atoms with E-state index in [9.17, 15) is 10.2 Å². The molecule has 18 heavy (non-hydrogen) atoms. The molecule has 0 spiro atoms. The smallest absolute Gasteiger partial charge is 0.160 e. The summed E-state index contributed by atoms with van der Waals surface area (Å²) in [4.78, 5) is 0. The number of rotatable bonds is 2. The molecule has 3 unspecified atom stereocenters. The third-order valence-corrected chi connectivity index (χ3v) is 4.47. The van der Waals surface area contributed by atoms with Crippen molar-refractivity contribution in [1.29, 1.82) is 0 Å². The monoisotopic (exact) mass is 248 g/mol. The van der Waals surface area contributed by atoms with Gasteiger partial charge in [0.15, 0.2) is 11.5 Å². The number of phenolic OH excluding ortho intramolecular Hbond substituents is 2. The van der Waals surface area contributed by atoms with E-state index in [4.69, 9.17) is 0 Å². The Morgan fingerprint density at radius 2 is 1.89 bits per heavy atom. The Labute approximate surface area is 110 Å². The van der Waals surface area contributed by atoms with Crippen LogP contribution in [0.15, 0.2) is 18.2 Å². The van der Waals surface area contributed by atoms with Crippen molar-refractivity contribution in [2.45, 2.75) is 46.0 Å². The largest absolute Gasteiger partial charge is 0.504 e. The van der Waals surface area contributed by atoms with Crippen LogP contribution in [-0.2, 0) is 0 Å². The maximum absolute atomic E-state index is 10.1. The normalized spacial score (nSPS) is 28.6. The van der Waals surface area contributed by atoms with Crippen LogP contribution in [0, 0.1) is 17.8 Å². The molecule has 0 amide bonds. The third kappa shape index (κ3) is 2.47. The van der Waals surface area contributed by atoms with Gasteiger partial charge in [0.05, 0.1) is 0 Å². The Hall–Kier alpha value is -1.18. The van der Waals surface area contributed by atoms with Crippen molar-refractivity contribution in [2.75, 3.05) is 0 Å². The zero-order valence-corrected chi connectivity index (χ0v) is 11.6. The molecule has 3 atom stereocenters. The molecule has 1 aliphatic carbocycles. The van der Waals surface area contributed by atoms with Crippen LogP contribution in [0.1, 0.15) is 51.5 Å². The highest BCUT2D eigenvalue weighted by Crippen LogP contribution is 2.47. The second-order valence-electron chi connectivity index (χ2n) is 6.15. The number of para-hydroxylation sites is 1. The topological polar surface area (TPSA) is 40.5 Å². The number of hydrogen-bond donors (Lipinski definition) is 2. The van der Waals surface area contributed by atoms with E-state index in [1.54, 1.807) is 6.07 Å². The van der Waals surface area contributed by atoms with Gasteiger partial charge in [0, 0.05) is 5.56 Å². The van der Waals surface area contributed by atoms with Gasteiger partial charge in [0.2, 0.25) is 0 Å². The molecular formula is C16H24O2. The minimum atomic E-state index is 0.00762. The van der Waals surface area contributed by atoms with Gasteiger partial charge in [-0.05, 0) is 42.6 Å². The van der Waals surface area contributed by atoms with E-state index >= 15 is 0 Å². The molecule has 0 heterocycles. The molecule has 2 heteroatoms. The van der Waals surface area contributed by atoms with Crippen LogP contribution >= 0.6 is 0 Å². The molecule has 1 saturated carbocycles. The van der Waals surface area contributed by atoms with Crippen molar-refractivity contribution >= 4 is 0 Å². The maximum atomic E-state index is 10.1. The molecule has 0 aromatic heterocycles.